The number of hydrogen-bond donors (Lipinski definition) is 1. The minimum atomic E-state index is -2.08. The largest absolute Gasteiger partial charge is 0.390 e. The fourth-order valence-corrected chi connectivity index (χ4v) is 6.67. The number of ketones is 1. The molecule has 4 fully saturated rings. The third-order valence-corrected chi connectivity index (χ3v) is 8.37. The summed E-state index contributed by atoms with van der Waals surface area (Å²) >= 11 is 0. The van der Waals surface area contributed by atoms with E-state index in [2.05, 4.69) is 6.92 Å². The van der Waals surface area contributed by atoms with Crippen LogP contribution < -0.4 is 0 Å². The fourth-order valence-electron chi connectivity index (χ4n) is 6.67. The van der Waals surface area contributed by atoms with Crippen LogP contribution in [0.5, 0.6) is 0 Å². The highest BCUT2D eigenvalue weighted by Gasteiger charge is 2.63. The lowest BCUT2D eigenvalue weighted by Crippen LogP contribution is -2.55. The molecule has 0 bridgehead atoms. The van der Waals surface area contributed by atoms with E-state index >= 15 is 0 Å². The van der Waals surface area contributed by atoms with Gasteiger partial charge < -0.3 is 5.11 Å². The first-order chi connectivity index (χ1) is 11.8. The molecular weight excluding hydrogens is 272 g/mol. The highest BCUT2D eigenvalue weighted by molar-refractivity contribution is 5.79. The molecule has 0 aromatic carbocycles. The van der Waals surface area contributed by atoms with Gasteiger partial charge in [-0.1, -0.05) is 13.8 Å². The molecule has 1 N–H and O–H groups in total. The maximum absolute atomic E-state index is 12.5. The molecule has 0 radical (unpaired) electrons. The van der Waals surface area contributed by atoms with E-state index in [-0.39, 0.29) is 23.7 Å². The van der Waals surface area contributed by atoms with Crippen molar-refractivity contribution in [1.29, 1.82) is 0 Å². The number of fused-ring (bicyclic) bond motifs is 5. The summed E-state index contributed by atoms with van der Waals surface area (Å²) in [7, 11) is 0. The average Bonchev–Trinajstić information content (AvgIpc) is 2.75. The Balaban J connectivity index is 1.73. The van der Waals surface area contributed by atoms with Crippen LogP contribution >= 0.6 is 0 Å². The Bertz CT molecular complexity index is 646. The Kier molecular flexibility index (Phi) is 2.34. The normalized spacial score (nSPS) is 65.2. The Morgan fingerprint density at radius 2 is 1.77 bits per heavy atom. The topological polar surface area (TPSA) is 37.3 Å². The van der Waals surface area contributed by atoms with Gasteiger partial charge in [0.05, 0.1) is 5.60 Å². The predicted octanol–water partition coefficient (Wildman–Crippen LogP) is 4.35. The number of carbonyl (C=O) groups excluding carboxylic acids is 1. The Morgan fingerprint density at radius 1 is 1.05 bits per heavy atom. The zero-order valence-corrected chi connectivity index (χ0v) is 14.1. The van der Waals surface area contributed by atoms with Crippen molar-refractivity contribution in [3.8, 4) is 0 Å². The molecule has 124 valence electrons. The van der Waals surface area contributed by atoms with Gasteiger partial charge in [-0.2, -0.15) is 0 Å². The van der Waals surface area contributed by atoms with Crippen LogP contribution in [0.15, 0.2) is 0 Å². The number of aliphatic hydroxyl groups is 1. The summed E-state index contributed by atoms with van der Waals surface area (Å²) in [6.45, 7) is 6.24. The van der Waals surface area contributed by atoms with Crippen molar-refractivity contribution in [3.05, 3.63) is 0 Å². The lowest BCUT2D eigenvalue weighted by atomic mass is 9.44. The van der Waals surface area contributed by atoms with Gasteiger partial charge in [0.1, 0.15) is 5.78 Å². The third kappa shape index (κ3) is 1.79. The minimum absolute atomic E-state index is 0.0973. The summed E-state index contributed by atoms with van der Waals surface area (Å²) in [6.07, 6.45) is 1.17. The Morgan fingerprint density at radius 3 is 2.55 bits per heavy atom. The van der Waals surface area contributed by atoms with Crippen molar-refractivity contribution >= 4 is 5.78 Å². The van der Waals surface area contributed by atoms with Crippen LogP contribution in [0.2, 0.25) is 0 Å². The maximum atomic E-state index is 12.5. The van der Waals surface area contributed by atoms with Crippen molar-refractivity contribution in [2.24, 2.45) is 34.5 Å². The molecule has 0 aliphatic heterocycles. The number of carbonyl (C=O) groups is 1. The number of rotatable bonds is 0. The quantitative estimate of drug-likeness (QED) is 0.722. The first kappa shape index (κ1) is 11.2. The third-order valence-electron chi connectivity index (χ3n) is 8.37. The predicted molar refractivity (Wildman–Crippen MR) is 87.4 cm³/mol. The van der Waals surface area contributed by atoms with Gasteiger partial charge in [-0.05, 0) is 86.4 Å². The molecule has 0 heterocycles. The second-order valence-electron chi connectivity index (χ2n) is 9.11. The fraction of sp³-hybridized carbons (Fsp3) is 0.950. The lowest BCUT2D eigenvalue weighted by molar-refractivity contribution is -0.152. The van der Waals surface area contributed by atoms with E-state index in [1.54, 1.807) is 0 Å². The van der Waals surface area contributed by atoms with E-state index in [0.717, 1.165) is 32.1 Å². The number of hydrogen-bond acceptors (Lipinski definition) is 2. The van der Waals surface area contributed by atoms with Gasteiger partial charge in [-0.15, -0.1) is 0 Å². The van der Waals surface area contributed by atoms with Crippen molar-refractivity contribution in [1.82, 2.24) is 0 Å². The Hall–Kier alpha value is -0.370. The molecule has 0 unspecified atom stereocenters. The molecule has 0 spiro atoms. The van der Waals surface area contributed by atoms with E-state index in [0.29, 0.717) is 18.3 Å². The summed E-state index contributed by atoms with van der Waals surface area (Å²) in [5.74, 6) is -0.173. The molecule has 2 heteroatoms. The van der Waals surface area contributed by atoms with E-state index in [4.69, 9.17) is 5.48 Å². The van der Waals surface area contributed by atoms with Crippen LogP contribution in [0.25, 0.3) is 0 Å². The Labute approximate surface area is 140 Å². The molecule has 0 amide bonds. The molecule has 4 aliphatic carbocycles. The van der Waals surface area contributed by atoms with E-state index < -0.39 is 29.5 Å². The zero-order valence-electron chi connectivity index (χ0n) is 18.1. The van der Waals surface area contributed by atoms with Gasteiger partial charge in [-0.25, -0.2) is 0 Å². The van der Waals surface area contributed by atoms with Crippen LogP contribution in [-0.4, -0.2) is 16.5 Å². The van der Waals surface area contributed by atoms with Gasteiger partial charge >= 0.3 is 0 Å². The van der Waals surface area contributed by atoms with Gasteiger partial charge in [0.2, 0.25) is 0 Å². The summed E-state index contributed by atoms with van der Waals surface area (Å²) < 4.78 is 33.3. The molecule has 0 aromatic heterocycles. The summed E-state index contributed by atoms with van der Waals surface area (Å²) in [4.78, 5) is 12.5. The van der Waals surface area contributed by atoms with Crippen LogP contribution in [0.3, 0.4) is 0 Å². The molecule has 22 heavy (non-hydrogen) atoms. The van der Waals surface area contributed by atoms with Gasteiger partial charge in [0.15, 0.2) is 0 Å². The molecule has 4 saturated carbocycles. The monoisotopic (exact) mass is 308 g/mol. The van der Waals surface area contributed by atoms with Crippen LogP contribution in [0.1, 0.15) is 83.9 Å². The molecule has 4 rings (SSSR count). The highest BCUT2D eigenvalue weighted by Crippen LogP contribution is 2.67. The van der Waals surface area contributed by atoms with E-state index in [1.807, 2.05) is 13.8 Å². The van der Waals surface area contributed by atoms with Gasteiger partial charge in [-0.3, -0.25) is 4.79 Å². The van der Waals surface area contributed by atoms with E-state index in [1.165, 1.54) is 0 Å². The van der Waals surface area contributed by atoms with E-state index in [9.17, 15) is 9.90 Å². The lowest BCUT2D eigenvalue weighted by Gasteiger charge is -2.60. The summed E-state index contributed by atoms with van der Waals surface area (Å²) in [5, 5.41) is 11.0. The molecular formula is C20H32O2. The molecule has 7 atom stereocenters. The van der Waals surface area contributed by atoms with Crippen LogP contribution in [0.4, 0.5) is 0 Å². The highest BCUT2D eigenvalue weighted by atomic mass is 16.3. The summed E-state index contributed by atoms with van der Waals surface area (Å²) in [5.41, 5.74) is -1.23. The molecule has 2 nitrogen and oxygen atoms in total. The van der Waals surface area contributed by atoms with Crippen molar-refractivity contribution in [2.75, 3.05) is 0 Å². The molecule has 0 saturated heterocycles. The average molecular weight is 308 g/mol. The van der Waals surface area contributed by atoms with Crippen molar-refractivity contribution in [2.45, 2.75) is 84.1 Å². The van der Waals surface area contributed by atoms with Gasteiger partial charge in [0, 0.05) is 18.2 Å². The zero-order chi connectivity index (χ0) is 19.3. The van der Waals surface area contributed by atoms with Crippen LogP contribution in [-0.2, 0) is 4.79 Å². The standard InChI is InChI=1S/C20H32O2/c1-18-9-6-14(21)12-13(18)4-5-15-16(18)7-10-19(2)17(15)8-11-20(19,3)22/h13,15-17,22H,4-12H2,1-3H3/t13-,15+,16-,17-,18-,19-,20-/m0/s1/i6D2,12D2. The van der Waals surface area contributed by atoms with Gasteiger partial charge in [0.25, 0.3) is 0 Å². The smallest absolute Gasteiger partial charge is 0.133 e. The van der Waals surface area contributed by atoms with Crippen molar-refractivity contribution in [3.63, 3.8) is 0 Å². The minimum Gasteiger partial charge on any atom is -0.390 e. The summed E-state index contributed by atoms with van der Waals surface area (Å²) in [6, 6.07) is 0. The molecule has 0 aromatic rings. The first-order valence-electron chi connectivity index (χ1n) is 11.0. The van der Waals surface area contributed by atoms with Crippen molar-refractivity contribution < 1.29 is 15.4 Å². The second-order valence-corrected chi connectivity index (χ2v) is 9.11. The SMILES string of the molecule is [2H]C1([2H])C[C@]2(C)[C@H]3CC[C@@]4(C)[C@@H](CC[C@]4(C)O)[C@@H]3CC[C@H]2C([2H])([2H])C1=O. The second kappa shape index (κ2) is 4.59. The van der Waals surface area contributed by atoms with Crippen LogP contribution in [0, 0.1) is 34.5 Å². The molecule has 4 aliphatic rings. The first-order valence-corrected chi connectivity index (χ1v) is 9.05. The number of Topliss-reactive ketones (excluding diaryl/α,β-unsaturated/α-hetero) is 1. The maximum Gasteiger partial charge on any atom is 0.133 e.